The molecule has 2 aliphatic heterocycles. The van der Waals surface area contributed by atoms with E-state index in [2.05, 4.69) is 193 Å². The number of amidine groups is 1. The van der Waals surface area contributed by atoms with E-state index in [0.29, 0.717) is 0 Å². The van der Waals surface area contributed by atoms with E-state index in [-0.39, 0.29) is 17.5 Å². The number of anilines is 3. The molecule has 0 spiro atoms. The summed E-state index contributed by atoms with van der Waals surface area (Å²) in [6.45, 7) is 2.39. The highest BCUT2D eigenvalue weighted by molar-refractivity contribution is 6.10. The molecule has 230 valence electrons. The Kier molecular flexibility index (Phi) is 6.72. The van der Waals surface area contributed by atoms with Gasteiger partial charge in [0.2, 0.25) is 0 Å². The van der Waals surface area contributed by atoms with Crippen LogP contribution >= 0.6 is 0 Å². The number of nitrogens with one attached hydrogen (secondary N) is 1. The topological polar surface area (TPSA) is 27.6 Å². The minimum Gasteiger partial charge on any atom is -0.340 e. The van der Waals surface area contributed by atoms with Gasteiger partial charge in [-0.15, -0.1) is 0 Å². The van der Waals surface area contributed by atoms with Crippen LogP contribution in [0.5, 0.6) is 0 Å². The largest absolute Gasteiger partial charge is 0.340 e. The van der Waals surface area contributed by atoms with Crippen molar-refractivity contribution in [2.24, 2.45) is 4.99 Å². The van der Waals surface area contributed by atoms with Crippen molar-refractivity contribution in [3.63, 3.8) is 0 Å². The van der Waals surface area contributed by atoms with Gasteiger partial charge in [0.15, 0.2) is 0 Å². The fraction of sp³-hybridized carbons (Fsp3) is 0.0889. The summed E-state index contributed by atoms with van der Waals surface area (Å²) in [7, 11) is 0. The maximum Gasteiger partial charge on any atom is 0.133 e. The monoisotopic (exact) mass is 617 g/mol. The molecule has 0 saturated heterocycles. The summed E-state index contributed by atoms with van der Waals surface area (Å²) in [5.41, 5.74) is 12.9. The average molecular weight is 618 g/mol. The number of aliphatic imine (C=N–C) groups is 1. The maximum absolute atomic E-state index is 5.34. The van der Waals surface area contributed by atoms with E-state index in [9.17, 15) is 0 Å². The molecule has 3 heteroatoms. The van der Waals surface area contributed by atoms with E-state index in [0.717, 1.165) is 22.8 Å². The predicted octanol–water partition coefficient (Wildman–Crippen LogP) is 11.0. The summed E-state index contributed by atoms with van der Waals surface area (Å²) in [4.78, 5) is 7.88. The molecule has 0 radical (unpaired) electrons. The van der Waals surface area contributed by atoms with Gasteiger partial charge in [0.1, 0.15) is 11.9 Å². The molecule has 6 aromatic carbocycles. The molecule has 3 aliphatic rings. The van der Waals surface area contributed by atoms with Crippen molar-refractivity contribution in [2.75, 3.05) is 10.2 Å². The number of nitrogens with zero attached hydrogens (tertiary/aromatic N) is 2. The molecular formula is C45H35N3. The van der Waals surface area contributed by atoms with Crippen molar-refractivity contribution in [3.05, 3.63) is 204 Å². The quantitative estimate of drug-likeness (QED) is 0.208. The Morgan fingerprint density at radius 3 is 2.08 bits per heavy atom. The van der Waals surface area contributed by atoms with Gasteiger partial charge in [-0.05, 0) is 70.6 Å². The molecule has 0 fully saturated rings. The van der Waals surface area contributed by atoms with E-state index in [1.54, 1.807) is 0 Å². The molecule has 3 atom stereocenters. The van der Waals surface area contributed by atoms with Gasteiger partial charge in [-0.2, -0.15) is 0 Å². The lowest BCUT2D eigenvalue weighted by molar-refractivity contribution is 0.544. The summed E-state index contributed by atoms with van der Waals surface area (Å²) in [5, 5.41) is 3.68. The zero-order chi connectivity index (χ0) is 32.1. The first kappa shape index (κ1) is 28.3. The summed E-state index contributed by atoms with van der Waals surface area (Å²) in [6.07, 6.45) is 7.19. The summed E-state index contributed by atoms with van der Waals surface area (Å²) in [6, 6.07) is 56.3. The third-order valence-corrected chi connectivity index (χ3v) is 10.1. The van der Waals surface area contributed by atoms with Crippen molar-refractivity contribution in [1.82, 2.24) is 0 Å². The Bertz CT molecular complexity index is 2230. The van der Waals surface area contributed by atoms with Crippen molar-refractivity contribution >= 4 is 28.5 Å². The third kappa shape index (κ3) is 4.70. The molecule has 0 bridgehead atoms. The molecule has 9 rings (SSSR count). The number of para-hydroxylation sites is 1. The number of benzene rings is 6. The fourth-order valence-electron chi connectivity index (χ4n) is 7.81. The summed E-state index contributed by atoms with van der Waals surface area (Å²) in [5.74, 6) is 1.07. The molecule has 1 N–H and O–H groups in total. The van der Waals surface area contributed by atoms with Crippen LogP contribution in [0.4, 0.5) is 17.1 Å². The first-order valence-electron chi connectivity index (χ1n) is 16.7. The van der Waals surface area contributed by atoms with E-state index >= 15 is 0 Å². The minimum absolute atomic E-state index is 0.0760. The van der Waals surface area contributed by atoms with Crippen LogP contribution in [0.2, 0.25) is 0 Å². The van der Waals surface area contributed by atoms with Gasteiger partial charge in [-0.3, -0.25) is 4.99 Å². The maximum atomic E-state index is 5.34. The number of rotatable bonds is 5. The number of allylic oxidation sites excluding steroid dienone is 2. The molecule has 0 amide bonds. The van der Waals surface area contributed by atoms with E-state index < -0.39 is 0 Å². The molecule has 2 heterocycles. The molecule has 6 aromatic rings. The molecule has 2 unspecified atom stereocenters. The van der Waals surface area contributed by atoms with Crippen molar-refractivity contribution < 1.29 is 0 Å². The van der Waals surface area contributed by atoms with Crippen LogP contribution in [-0.2, 0) is 0 Å². The zero-order valence-corrected chi connectivity index (χ0v) is 26.8. The highest BCUT2D eigenvalue weighted by atomic mass is 15.2. The fourth-order valence-corrected chi connectivity index (χ4v) is 7.81. The zero-order valence-electron chi connectivity index (χ0n) is 26.8. The number of fused-ring (bicyclic) bond motifs is 4. The van der Waals surface area contributed by atoms with Gasteiger partial charge in [0.25, 0.3) is 0 Å². The predicted molar refractivity (Wildman–Crippen MR) is 200 cm³/mol. The SMILES string of the molecule is C[C@]12C=C(c3ccccc3)C=CC1c1cc(-c3ccccc3)ccc1N2c1cccc(C2=NC(c3ccccc3)c3ccccc3N2)c1. The lowest BCUT2D eigenvalue weighted by Crippen LogP contribution is -2.42. The third-order valence-electron chi connectivity index (χ3n) is 10.1. The van der Waals surface area contributed by atoms with E-state index in [4.69, 9.17) is 4.99 Å². The molecule has 1 aliphatic carbocycles. The van der Waals surface area contributed by atoms with Crippen LogP contribution in [-0.4, -0.2) is 11.4 Å². The van der Waals surface area contributed by atoms with Crippen LogP contribution < -0.4 is 10.2 Å². The lowest BCUT2D eigenvalue weighted by atomic mass is 9.77. The van der Waals surface area contributed by atoms with Crippen LogP contribution in [0.1, 0.15) is 46.7 Å². The lowest BCUT2D eigenvalue weighted by Gasteiger charge is -2.40. The average Bonchev–Trinajstić information content (AvgIpc) is 3.42. The Hall–Kier alpha value is -5.93. The van der Waals surface area contributed by atoms with Crippen molar-refractivity contribution in [2.45, 2.75) is 24.4 Å². The van der Waals surface area contributed by atoms with E-state index in [1.807, 2.05) is 0 Å². The Labute approximate surface area is 282 Å². The Morgan fingerprint density at radius 2 is 1.29 bits per heavy atom. The first-order valence-corrected chi connectivity index (χ1v) is 16.7. The molecule has 0 saturated carbocycles. The minimum atomic E-state index is -0.322. The van der Waals surface area contributed by atoms with Crippen LogP contribution in [0.15, 0.2) is 181 Å². The Morgan fingerprint density at radius 1 is 0.604 bits per heavy atom. The van der Waals surface area contributed by atoms with Crippen LogP contribution in [0, 0.1) is 0 Å². The summed E-state index contributed by atoms with van der Waals surface area (Å²) < 4.78 is 0. The smallest absolute Gasteiger partial charge is 0.133 e. The molecule has 3 nitrogen and oxygen atoms in total. The normalized spacial score (nSPS) is 20.6. The number of hydrogen-bond donors (Lipinski definition) is 1. The highest BCUT2D eigenvalue weighted by Gasteiger charge is 2.48. The highest BCUT2D eigenvalue weighted by Crippen LogP contribution is 2.56. The van der Waals surface area contributed by atoms with Gasteiger partial charge >= 0.3 is 0 Å². The van der Waals surface area contributed by atoms with Gasteiger partial charge < -0.3 is 10.2 Å². The van der Waals surface area contributed by atoms with Crippen LogP contribution in [0.25, 0.3) is 16.7 Å². The van der Waals surface area contributed by atoms with Gasteiger partial charge in [0.05, 0.1) is 5.54 Å². The molecular weight excluding hydrogens is 583 g/mol. The molecule has 48 heavy (non-hydrogen) atoms. The molecule has 0 aromatic heterocycles. The van der Waals surface area contributed by atoms with Gasteiger partial charge in [-0.1, -0.05) is 146 Å². The second kappa shape index (κ2) is 11.4. The van der Waals surface area contributed by atoms with E-state index in [1.165, 1.54) is 44.6 Å². The van der Waals surface area contributed by atoms with Gasteiger partial charge in [-0.25, -0.2) is 0 Å². The second-order valence-electron chi connectivity index (χ2n) is 13.1. The van der Waals surface area contributed by atoms with Crippen LogP contribution in [0.3, 0.4) is 0 Å². The number of hydrogen-bond acceptors (Lipinski definition) is 3. The second-order valence-corrected chi connectivity index (χ2v) is 13.1. The first-order chi connectivity index (χ1) is 23.7. The summed E-state index contributed by atoms with van der Waals surface area (Å²) >= 11 is 0. The van der Waals surface area contributed by atoms with Crippen molar-refractivity contribution in [3.8, 4) is 11.1 Å². The standard InChI is InChI=1S/C45H35N3/c1-45-30-36(32-16-7-3-8-17-32)24-26-40(45)39-29-34(31-14-5-2-6-15-31)25-27-42(39)48(45)37-21-13-20-35(28-37)44-46-41-23-12-11-22-38(41)43(47-44)33-18-9-4-10-19-33/h2-30,40,43H,1H3,(H,46,47)/t40?,43?,45-/m0/s1. The van der Waals surface area contributed by atoms with Gasteiger partial charge in [0, 0.05) is 34.1 Å². The van der Waals surface area contributed by atoms with Crippen molar-refractivity contribution in [1.29, 1.82) is 0 Å². The Balaban J connectivity index is 1.18.